The molecule has 2 aromatic carbocycles. The monoisotopic (exact) mass is 575 g/mol. The van der Waals surface area contributed by atoms with Crippen molar-refractivity contribution < 1.29 is 31.2 Å². The van der Waals surface area contributed by atoms with Crippen LogP contribution in [0.3, 0.4) is 0 Å². The minimum absolute atomic E-state index is 0.0877. The number of rotatable bonds is 12. The first-order valence-electron chi connectivity index (χ1n) is 12.1. The van der Waals surface area contributed by atoms with E-state index in [2.05, 4.69) is 5.32 Å². The van der Waals surface area contributed by atoms with Gasteiger partial charge in [0.1, 0.15) is 12.6 Å². The third-order valence-corrected chi connectivity index (χ3v) is 7.22. The fourth-order valence-electron chi connectivity index (χ4n) is 3.79. The van der Waals surface area contributed by atoms with Crippen molar-refractivity contribution in [3.8, 4) is 0 Å². The average Bonchev–Trinajstić information content (AvgIpc) is 2.83. The number of carbonyl (C=O) groups excluding carboxylic acids is 2. The molecule has 0 aliphatic rings. The lowest BCUT2D eigenvalue weighted by Crippen LogP contribution is -2.53. The van der Waals surface area contributed by atoms with Crippen LogP contribution in [-0.4, -0.2) is 57.1 Å². The fourth-order valence-corrected chi connectivity index (χ4v) is 4.92. The highest BCUT2D eigenvalue weighted by Gasteiger charge is 2.35. The van der Waals surface area contributed by atoms with Gasteiger partial charge in [0.05, 0.1) is 22.5 Å². The smallest absolute Gasteiger partial charge is 0.354 e. The van der Waals surface area contributed by atoms with E-state index in [0.717, 1.165) is 24.0 Å². The Hall–Kier alpha value is -2.79. The van der Waals surface area contributed by atoms with Gasteiger partial charge in [0.25, 0.3) is 0 Å². The summed E-state index contributed by atoms with van der Waals surface area (Å²) in [4.78, 5) is 27.9. The van der Waals surface area contributed by atoms with Gasteiger partial charge in [0, 0.05) is 13.1 Å². The molecular weight excluding hydrogens is 543 g/mol. The number of carbonyl (C=O) groups is 2. The Labute approximate surface area is 227 Å². The molecule has 2 aromatic rings. The van der Waals surface area contributed by atoms with Crippen LogP contribution in [0.25, 0.3) is 0 Å². The predicted octanol–water partition coefficient (Wildman–Crippen LogP) is 4.75. The third kappa shape index (κ3) is 8.90. The Morgan fingerprint density at radius 3 is 2.24 bits per heavy atom. The molecule has 2 amide bonds. The van der Waals surface area contributed by atoms with E-state index in [1.165, 1.54) is 4.90 Å². The molecular formula is C26H33ClF3N3O4S. The van der Waals surface area contributed by atoms with Gasteiger partial charge in [-0.3, -0.25) is 13.9 Å². The summed E-state index contributed by atoms with van der Waals surface area (Å²) in [5.74, 6) is -0.981. The highest BCUT2D eigenvalue weighted by molar-refractivity contribution is 7.92. The number of nitrogens with zero attached hydrogens (tertiary/aromatic N) is 2. The van der Waals surface area contributed by atoms with Crippen LogP contribution in [-0.2, 0) is 32.2 Å². The molecule has 7 nitrogen and oxygen atoms in total. The molecule has 38 heavy (non-hydrogen) atoms. The van der Waals surface area contributed by atoms with Crippen LogP contribution in [0.1, 0.15) is 38.3 Å². The molecule has 0 heterocycles. The maximum atomic E-state index is 13.6. The Morgan fingerprint density at radius 2 is 1.71 bits per heavy atom. The standard InChI is InChI=1S/C26H33ClF3N3O4S/c1-5-22(25(35)31-16-18(2)3)32(14-13-19-9-7-6-8-10-19)24(34)17-33(38(4,36)37)23-15-20(26(28,29)30)11-12-21(23)27/h6-12,15,18,22H,5,13-14,16-17H2,1-4H3,(H,31,35). The number of amides is 2. The van der Waals surface area contributed by atoms with Crippen molar-refractivity contribution >= 4 is 39.1 Å². The number of sulfonamides is 1. The second-order valence-electron chi connectivity index (χ2n) is 9.32. The molecule has 2 rings (SSSR count). The molecule has 0 fully saturated rings. The minimum atomic E-state index is -4.75. The maximum absolute atomic E-state index is 13.6. The van der Waals surface area contributed by atoms with E-state index in [0.29, 0.717) is 23.3 Å². The Balaban J connectivity index is 2.46. The van der Waals surface area contributed by atoms with E-state index in [4.69, 9.17) is 11.6 Å². The summed E-state index contributed by atoms with van der Waals surface area (Å²) in [6.45, 7) is 5.20. The molecule has 0 bridgehead atoms. The number of alkyl halides is 3. The van der Waals surface area contributed by atoms with Crippen LogP contribution in [0.5, 0.6) is 0 Å². The van der Waals surface area contributed by atoms with Gasteiger partial charge in [0.2, 0.25) is 21.8 Å². The van der Waals surface area contributed by atoms with Gasteiger partial charge >= 0.3 is 6.18 Å². The van der Waals surface area contributed by atoms with E-state index >= 15 is 0 Å². The molecule has 0 radical (unpaired) electrons. The molecule has 12 heteroatoms. The summed E-state index contributed by atoms with van der Waals surface area (Å²) in [6, 6.07) is 10.5. The zero-order valence-corrected chi connectivity index (χ0v) is 23.3. The van der Waals surface area contributed by atoms with E-state index in [-0.39, 0.29) is 23.9 Å². The van der Waals surface area contributed by atoms with Gasteiger partial charge in [-0.2, -0.15) is 13.2 Å². The molecule has 1 N–H and O–H groups in total. The van der Waals surface area contributed by atoms with Crippen LogP contribution in [0, 0.1) is 5.92 Å². The Bertz CT molecular complexity index is 1210. The van der Waals surface area contributed by atoms with Crippen molar-refractivity contribution in [2.75, 3.05) is 30.2 Å². The number of benzene rings is 2. The van der Waals surface area contributed by atoms with Gasteiger partial charge in [-0.05, 0) is 42.5 Å². The van der Waals surface area contributed by atoms with Crippen molar-refractivity contribution in [1.82, 2.24) is 10.2 Å². The van der Waals surface area contributed by atoms with Crippen molar-refractivity contribution in [3.63, 3.8) is 0 Å². The van der Waals surface area contributed by atoms with Crippen molar-refractivity contribution in [3.05, 3.63) is 64.7 Å². The molecule has 0 aliphatic carbocycles. The zero-order valence-electron chi connectivity index (χ0n) is 21.8. The van der Waals surface area contributed by atoms with Gasteiger partial charge < -0.3 is 10.2 Å². The molecule has 0 saturated carbocycles. The molecule has 0 spiro atoms. The minimum Gasteiger partial charge on any atom is -0.354 e. The topological polar surface area (TPSA) is 86.8 Å². The number of nitrogens with one attached hydrogen (secondary N) is 1. The van der Waals surface area contributed by atoms with Gasteiger partial charge in [-0.25, -0.2) is 8.42 Å². The van der Waals surface area contributed by atoms with Crippen LogP contribution in [0.15, 0.2) is 48.5 Å². The summed E-state index contributed by atoms with van der Waals surface area (Å²) < 4.78 is 65.9. The average molecular weight is 576 g/mol. The quantitative estimate of drug-likeness (QED) is 0.396. The fraction of sp³-hybridized carbons (Fsp3) is 0.462. The van der Waals surface area contributed by atoms with Crippen LogP contribution in [0.4, 0.5) is 18.9 Å². The normalized spacial score (nSPS) is 12.8. The highest BCUT2D eigenvalue weighted by atomic mass is 35.5. The zero-order chi connectivity index (χ0) is 28.7. The highest BCUT2D eigenvalue weighted by Crippen LogP contribution is 2.36. The molecule has 210 valence electrons. The summed E-state index contributed by atoms with van der Waals surface area (Å²) in [6.07, 6.45) is -3.36. The molecule has 0 aromatic heterocycles. The van der Waals surface area contributed by atoms with E-state index in [1.807, 2.05) is 44.2 Å². The lowest BCUT2D eigenvalue weighted by molar-refractivity contribution is -0.139. The van der Waals surface area contributed by atoms with Gasteiger partial charge in [-0.1, -0.05) is 62.7 Å². The molecule has 0 aliphatic heterocycles. The van der Waals surface area contributed by atoms with E-state index in [9.17, 15) is 31.2 Å². The van der Waals surface area contributed by atoms with Crippen LogP contribution < -0.4 is 9.62 Å². The second kappa shape index (κ2) is 13.3. The first kappa shape index (κ1) is 31.4. The van der Waals surface area contributed by atoms with E-state index in [1.54, 1.807) is 6.92 Å². The number of anilines is 1. The number of halogens is 4. The van der Waals surface area contributed by atoms with Gasteiger partial charge in [0.15, 0.2) is 0 Å². The first-order chi connectivity index (χ1) is 17.6. The van der Waals surface area contributed by atoms with Crippen molar-refractivity contribution in [1.29, 1.82) is 0 Å². The van der Waals surface area contributed by atoms with Crippen molar-refractivity contribution in [2.24, 2.45) is 5.92 Å². The Kier molecular flexibility index (Phi) is 11.0. The predicted molar refractivity (Wildman–Crippen MR) is 142 cm³/mol. The lowest BCUT2D eigenvalue weighted by atomic mass is 10.1. The van der Waals surface area contributed by atoms with Crippen molar-refractivity contribution in [2.45, 2.75) is 45.8 Å². The SMILES string of the molecule is CCC(C(=O)NCC(C)C)N(CCc1ccccc1)C(=O)CN(c1cc(C(F)(F)F)ccc1Cl)S(C)(=O)=O. The van der Waals surface area contributed by atoms with E-state index < -0.39 is 51.9 Å². The Morgan fingerprint density at radius 1 is 1.08 bits per heavy atom. The molecule has 1 unspecified atom stereocenters. The van der Waals surface area contributed by atoms with Gasteiger partial charge in [-0.15, -0.1) is 0 Å². The van der Waals surface area contributed by atoms with Crippen LogP contribution >= 0.6 is 11.6 Å². The summed E-state index contributed by atoms with van der Waals surface area (Å²) in [5, 5.41) is 2.53. The maximum Gasteiger partial charge on any atom is 0.416 e. The first-order valence-corrected chi connectivity index (χ1v) is 14.3. The third-order valence-electron chi connectivity index (χ3n) is 5.78. The molecule has 0 saturated heterocycles. The summed E-state index contributed by atoms with van der Waals surface area (Å²) >= 11 is 6.10. The summed E-state index contributed by atoms with van der Waals surface area (Å²) in [7, 11) is -4.24. The summed E-state index contributed by atoms with van der Waals surface area (Å²) in [5.41, 5.74) is -0.695. The number of hydrogen-bond acceptors (Lipinski definition) is 4. The number of hydrogen-bond donors (Lipinski definition) is 1. The van der Waals surface area contributed by atoms with Crippen LogP contribution in [0.2, 0.25) is 5.02 Å². The largest absolute Gasteiger partial charge is 0.416 e. The second-order valence-corrected chi connectivity index (χ2v) is 11.6. The lowest BCUT2D eigenvalue weighted by Gasteiger charge is -2.33. The molecule has 1 atom stereocenters.